The maximum absolute atomic E-state index is 13.0. The number of nitrogens with zero attached hydrogens (tertiary/aromatic N) is 1. The van der Waals surface area contributed by atoms with Gasteiger partial charge >= 0.3 is 11.7 Å². The average molecular weight is 573 g/mol. The fourth-order valence-electron chi connectivity index (χ4n) is 3.83. The van der Waals surface area contributed by atoms with Crippen molar-refractivity contribution in [3.63, 3.8) is 0 Å². The Morgan fingerprint density at radius 3 is 2.54 bits per heavy atom. The van der Waals surface area contributed by atoms with E-state index < -0.39 is 28.8 Å². The van der Waals surface area contributed by atoms with Crippen LogP contribution in [0.3, 0.4) is 0 Å². The number of allylic oxidation sites excluding steroid dienone is 2. The minimum absolute atomic E-state index is 0.228. The zero-order chi connectivity index (χ0) is 29.2. The SMILES string of the molecule is COC(=O)N/C=C/CCCc1cc(O)c(C(=O)C(C)=Cc2cnc(Oc3ccc(-c4ccccc4)cc3)s2)c(=O)o1. The average Bonchev–Trinajstić information content (AvgIpc) is 3.41. The Morgan fingerprint density at radius 2 is 1.83 bits per heavy atom. The molecule has 1 amide bonds. The number of amides is 1. The molecule has 0 fully saturated rings. The Labute approximate surface area is 240 Å². The van der Waals surface area contributed by atoms with Crippen LogP contribution in [0.25, 0.3) is 17.2 Å². The number of thiazole rings is 1. The summed E-state index contributed by atoms with van der Waals surface area (Å²) in [5.74, 6) is -0.212. The normalized spacial score (nSPS) is 11.4. The number of alkyl carbamates (subject to hydrolysis) is 1. The van der Waals surface area contributed by atoms with Crippen molar-refractivity contribution in [1.82, 2.24) is 10.3 Å². The molecule has 0 aliphatic heterocycles. The first-order chi connectivity index (χ1) is 19.8. The molecule has 2 aromatic carbocycles. The molecule has 0 bridgehead atoms. The first kappa shape index (κ1) is 29.0. The molecule has 41 heavy (non-hydrogen) atoms. The number of aromatic nitrogens is 1. The van der Waals surface area contributed by atoms with Crippen LogP contribution >= 0.6 is 11.3 Å². The van der Waals surface area contributed by atoms with E-state index in [0.717, 1.165) is 11.1 Å². The minimum atomic E-state index is -0.909. The van der Waals surface area contributed by atoms with Gasteiger partial charge < -0.3 is 19.0 Å². The van der Waals surface area contributed by atoms with Crippen LogP contribution in [0.2, 0.25) is 0 Å². The van der Waals surface area contributed by atoms with E-state index in [1.165, 1.54) is 30.7 Å². The van der Waals surface area contributed by atoms with E-state index in [4.69, 9.17) is 9.15 Å². The number of hydrogen-bond acceptors (Lipinski definition) is 9. The molecule has 0 aliphatic carbocycles. The molecule has 4 rings (SSSR count). The molecule has 0 spiro atoms. The van der Waals surface area contributed by atoms with E-state index in [9.17, 15) is 19.5 Å². The second-order valence-electron chi connectivity index (χ2n) is 8.87. The third-order valence-corrected chi connectivity index (χ3v) is 6.72. The Hall–Kier alpha value is -4.96. The molecule has 0 unspecified atom stereocenters. The van der Waals surface area contributed by atoms with Gasteiger partial charge in [-0.3, -0.25) is 10.1 Å². The van der Waals surface area contributed by atoms with Gasteiger partial charge in [0.05, 0.1) is 12.0 Å². The van der Waals surface area contributed by atoms with Crippen molar-refractivity contribution in [1.29, 1.82) is 0 Å². The van der Waals surface area contributed by atoms with Gasteiger partial charge in [-0.05, 0) is 54.7 Å². The predicted octanol–water partition coefficient (Wildman–Crippen LogP) is 6.74. The highest BCUT2D eigenvalue weighted by Gasteiger charge is 2.20. The first-order valence-corrected chi connectivity index (χ1v) is 13.5. The Morgan fingerprint density at radius 1 is 1.10 bits per heavy atom. The second kappa shape index (κ2) is 13.9. The topological polar surface area (TPSA) is 128 Å². The number of carbonyl (C=O) groups is 2. The van der Waals surface area contributed by atoms with Crippen molar-refractivity contribution in [2.75, 3.05) is 7.11 Å². The molecule has 210 valence electrons. The molecule has 0 saturated heterocycles. The maximum atomic E-state index is 13.0. The zero-order valence-electron chi connectivity index (χ0n) is 22.5. The number of aromatic hydroxyl groups is 1. The van der Waals surface area contributed by atoms with Gasteiger partial charge in [0.25, 0.3) is 5.19 Å². The molecule has 2 N–H and O–H groups in total. The monoisotopic (exact) mass is 572 g/mol. The number of hydrogen-bond donors (Lipinski definition) is 2. The summed E-state index contributed by atoms with van der Waals surface area (Å²) in [6, 6.07) is 18.9. The van der Waals surface area contributed by atoms with E-state index in [2.05, 4.69) is 15.0 Å². The summed E-state index contributed by atoms with van der Waals surface area (Å²) in [5.41, 5.74) is 1.07. The van der Waals surface area contributed by atoms with E-state index in [-0.39, 0.29) is 11.3 Å². The van der Waals surface area contributed by atoms with Crippen LogP contribution in [0.5, 0.6) is 16.7 Å². The van der Waals surface area contributed by atoms with Crippen LogP contribution in [0, 0.1) is 0 Å². The van der Waals surface area contributed by atoms with Gasteiger partial charge in [-0.2, -0.15) is 0 Å². The van der Waals surface area contributed by atoms with Gasteiger partial charge in [0.15, 0.2) is 5.78 Å². The van der Waals surface area contributed by atoms with Crippen LogP contribution in [0.4, 0.5) is 4.79 Å². The molecular formula is C31H28N2O7S. The van der Waals surface area contributed by atoms with Crippen LogP contribution in [0.1, 0.15) is 40.8 Å². The molecule has 4 aromatic rings. The van der Waals surface area contributed by atoms with E-state index in [1.807, 2.05) is 54.6 Å². The van der Waals surface area contributed by atoms with Gasteiger partial charge in [0.2, 0.25) is 0 Å². The van der Waals surface area contributed by atoms with Crippen LogP contribution in [0.15, 0.2) is 93.9 Å². The number of Topliss-reactive ketones (excluding diaryl/α,β-unsaturated/α-hetero) is 1. The molecule has 2 heterocycles. The van der Waals surface area contributed by atoms with Gasteiger partial charge in [-0.25, -0.2) is 14.6 Å². The fraction of sp³-hybridized carbons (Fsp3) is 0.161. The lowest BCUT2D eigenvalue weighted by atomic mass is 10.0. The summed E-state index contributed by atoms with van der Waals surface area (Å²) in [6.07, 6.45) is 7.26. The summed E-state index contributed by atoms with van der Waals surface area (Å²) < 4.78 is 15.6. The summed E-state index contributed by atoms with van der Waals surface area (Å²) >= 11 is 1.24. The molecule has 0 aliphatic rings. The highest BCUT2D eigenvalue weighted by molar-refractivity contribution is 7.14. The molecule has 0 atom stereocenters. The minimum Gasteiger partial charge on any atom is -0.507 e. The number of rotatable bonds is 11. The number of carbonyl (C=O) groups excluding carboxylic acids is 2. The van der Waals surface area contributed by atoms with Gasteiger partial charge in [-0.15, -0.1) is 0 Å². The van der Waals surface area contributed by atoms with Crippen molar-refractivity contribution in [3.8, 4) is 27.8 Å². The molecule has 2 aromatic heterocycles. The lowest BCUT2D eigenvalue weighted by molar-refractivity contribution is 0.102. The smallest absolute Gasteiger partial charge is 0.410 e. The van der Waals surface area contributed by atoms with Crippen LogP contribution in [-0.4, -0.2) is 29.1 Å². The summed E-state index contributed by atoms with van der Waals surface area (Å²) in [7, 11) is 1.27. The second-order valence-corrected chi connectivity index (χ2v) is 9.89. The highest BCUT2D eigenvalue weighted by Crippen LogP contribution is 2.30. The lowest BCUT2D eigenvalue weighted by Crippen LogP contribution is -2.16. The lowest BCUT2D eigenvalue weighted by Gasteiger charge is -2.05. The zero-order valence-corrected chi connectivity index (χ0v) is 23.3. The molecule has 10 heteroatoms. The van der Waals surface area contributed by atoms with Gasteiger partial charge in [0.1, 0.15) is 22.8 Å². The number of ether oxygens (including phenoxy) is 2. The quantitative estimate of drug-likeness (QED) is 0.115. The standard InChI is InChI=1S/C31H28N2O7S/c1-20(28(35)27-26(34)18-24(39-29(27)36)11-7-4-8-16-32-30(37)38-2)17-25-19-33-31(41-25)40-23-14-12-22(13-15-23)21-9-5-3-6-10-21/h3,5-6,8-10,12-19,34H,4,7,11H2,1-2H3,(H,32,37)/b16-8+,20-17?. The molecular weight excluding hydrogens is 544 g/mol. The first-order valence-electron chi connectivity index (χ1n) is 12.7. The van der Waals surface area contributed by atoms with Gasteiger partial charge in [-0.1, -0.05) is 59.9 Å². The highest BCUT2D eigenvalue weighted by atomic mass is 32.1. The summed E-state index contributed by atoms with van der Waals surface area (Å²) in [4.78, 5) is 41.4. The predicted molar refractivity (Wildman–Crippen MR) is 156 cm³/mol. The van der Waals surface area contributed by atoms with Gasteiger partial charge in [0, 0.05) is 24.9 Å². The Kier molecular flexibility index (Phi) is 9.85. The Bertz CT molecular complexity index is 1620. The van der Waals surface area contributed by atoms with Crippen molar-refractivity contribution >= 4 is 29.3 Å². The number of methoxy groups -OCH3 is 1. The van der Waals surface area contributed by atoms with E-state index in [0.29, 0.717) is 35.1 Å². The van der Waals surface area contributed by atoms with Crippen LogP contribution < -0.4 is 15.7 Å². The van der Waals surface area contributed by atoms with E-state index in [1.54, 1.807) is 25.3 Å². The number of unbranched alkanes of at least 4 members (excludes halogenated alkanes) is 1. The fourth-order valence-corrected chi connectivity index (χ4v) is 4.62. The van der Waals surface area contributed by atoms with Crippen molar-refractivity contribution in [3.05, 3.63) is 111 Å². The van der Waals surface area contributed by atoms with Crippen molar-refractivity contribution < 1.29 is 28.6 Å². The molecule has 0 radical (unpaired) electrons. The molecule has 0 saturated carbocycles. The summed E-state index contributed by atoms with van der Waals surface area (Å²) in [5, 5.41) is 13.2. The number of ketones is 1. The maximum Gasteiger partial charge on any atom is 0.410 e. The largest absolute Gasteiger partial charge is 0.507 e. The number of aryl methyl sites for hydroxylation is 1. The van der Waals surface area contributed by atoms with Crippen molar-refractivity contribution in [2.24, 2.45) is 0 Å². The summed E-state index contributed by atoms with van der Waals surface area (Å²) in [6.45, 7) is 1.55. The number of nitrogens with one attached hydrogen (secondary N) is 1. The Balaban J connectivity index is 1.36. The van der Waals surface area contributed by atoms with E-state index >= 15 is 0 Å². The molecule has 9 nitrogen and oxygen atoms in total. The third kappa shape index (κ3) is 8.02. The van der Waals surface area contributed by atoms with Crippen LogP contribution in [-0.2, 0) is 11.2 Å². The third-order valence-electron chi connectivity index (χ3n) is 5.89. The number of benzene rings is 2. The van der Waals surface area contributed by atoms with Crippen molar-refractivity contribution in [2.45, 2.75) is 26.2 Å².